The molecule has 35 heavy (non-hydrogen) atoms. The molecule has 186 valence electrons. The van der Waals surface area contributed by atoms with Crippen molar-refractivity contribution in [1.29, 1.82) is 0 Å². The molecule has 1 aliphatic rings. The monoisotopic (exact) mass is 485 g/mol. The van der Waals surface area contributed by atoms with Gasteiger partial charge < -0.3 is 24.7 Å². The van der Waals surface area contributed by atoms with Crippen LogP contribution in [0.1, 0.15) is 39.0 Å². The van der Waals surface area contributed by atoms with E-state index in [1.165, 1.54) is 22.7 Å². The van der Waals surface area contributed by atoms with E-state index in [1.807, 2.05) is 32.6 Å². The molecule has 0 aliphatic carbocycles. The van der Waals surface area contributed by atoms with Crippen molar-refractivity contribution in [2.24, 2.45) is 10.7 Å². The Morgan fingerprint density at radius 2 is 1.94 bits per heavy atom. The van der Waals surface area contributed by atoms with Crippen LogP contribution in [-0.2, 0) is 4.74 Å². The Labute approximate surface area is 202 Å². The third-order valence-electron chi connectivity index (χ3n) is 5.58. The highest BCUT2D eigenvalue weighted by atomic mass is 19.1. The van der Waals surface area contributed by atoms with Crippen LogP contribution in [0.15, 0.2) is 35.7 Å². The molecule has 4 heterocycles. The van der Waals surface area contributed by atoms with Gasteiger partial charge in [-0.3, -0.25) is 0 Å². The number of piperazine rings is 1. The molecule has 0 aromatic carbocycles. The van der Waals surface area contributed by atoms with Crippen molar-refractivity contribution in [3.8, 4) is 0 Å². The maximum atomic E-state index is 14.9. The summed E-state index contributed by atoms with van der Waals surface area (Å²) in [6.45, 7) is 10.6. The number of carbonyl (C=O) groups excluding carboxylic acids is 1. The second-order valence-electron chi connectivity index (χ2n) is 9.65. The van der Waals surface area contributed by atoms with Gasteiger partial charge >= 0.3 is 6.09 Å². The van der Waals surface area contributed by atoms with Gasteiger partial charge in [0.05, 0.1) is 17.6 Å². The summed E-state index contributed by atoms with van der Waals surface area (Å²) in [5.74, 6) is -1.49. The number of imidazole rings is 1. The zero-order valence-corrected chi connectivity index (χ0v) is 20.4. The minimum absolute atomic E-state index is 0.0732. The van der Waals surface area contributed by atoms with E-state index < -0.39 is 17.2 Å². The van der Waals surface area contributed by atoms with Gasteiger partial charge in [-0.1, -0.05) is 0 Å². The molecule has 9 nitrogen and oxygen atoms in total. The number of aryl methyl sites for hydroxylation is 1. The van der Waals surface area contributed by atoms with Gasteiger partial charge in [0.2, 0.25) is 0 Å². The molecule has 3 aromatic heterocycles. The summed E-state index contributed by atoms with van der Waals surface area (Å²) in [6.07, 6.45) is 4.38. The molecule has 3 aromatic rings. The number of amidine groups is 1. The van der Waals surface area contributed by atoms with Crippen molar-refractivity contribution in [3.05, 3.63) is 53.6 Å². The van der Waals surface area contributed by atoms with E-state index in [4.69, 9.17) is 10.5 Å². The van der Waals surface area contributed by atoms with Crippen LogP contribution in [0.4, 0.5) is 25.1 Å². The molecule has 0 radical (unpaired) electrons. The fourth-order valence-corrected chi connectivity index (χ4v) is 3.96. The zero-order valence-electron chi connectivity index (χ0n) is 20.4. The average molecular weight is 486 g/mol. The van der Waals surface area contributed by atoms with E-state index in [0.29, 0.717) is 31.0 Å². The van der Waals surface area contributed by atoms with E-state index >= 15 is 0 Å². The number of aliphatic imine (C=N–C) groups is 1. The number of amides is 1. The minimum Gasteiger partial charge on any atom is -0.444 e. The molecule has 0 spiro atoms. The number of halogens is 2. The highest BCUT2D eigenvalue weighted by Gasteiger charge is 2.31. The quantitative estimate of drug-likeness (QED) is 0.447. The fourth-order valence-electron chi connectivity index (χ4n) is 3.96. The second kappa shape index (κ2) is 9.12. The Hall–Kier alpha value is -3.76. The van der Waals surface area contributed by atoms with E-state index in [0.717, 1.165) is 0 Å². The molecular weight excluding hydrogens is 456 g/mol. The topological polar surface area (TPSA) is 101 Å². The molecular formula is C24H29F2N7O2. The van der Waals surface area contributed by atoms with Crippen LogP contribution in [0.3, 0.4) is 0 Å². The number of aromatic nitrogens is 3. The molecule has 4 rings (SSSR count). The lowest BCUT2D eigenvalue weighted by Crippen LogP contribution is -2.55. The highest BCUT2D eigenvalue weighted by molar-refractivity contribution is 5.98. The number of hydrogen-bond acceptors (Lipinski definition) is 6. The summed E-state index contributed by atoms with van der Waals surface area (Å²) in [4.78, 5) is 28.4. The van der Waals surface area contributed by atoms with Gasteiger partial charge in [-0.15, -0.1) is 0 Å². The summed E-state index contributed by atoms with van der Waals surface area (Å²) in [7, 11) is 0. The summed E-state index contributed by atoms with van der Waals surface area (Å²) >= 11 is 0. The van der Waals surface area contributed by atoms with Gasteiger partial charge in [-0.25, -0.2) is 28.5 Å². The number of hydrogen-bond donors (Lipinski definition) is 1. The number of fused-ring (bicyclic) bond motifs is 1. The van der Waals surface area contributed by atoms with Crippen molar-refractivity contribution < 1.29 is 18.3 Å². The van der Waals surface area contributed by atoms with Gasteiger partial charge in [0.1, 0.15) is 11.4 Å². The minimum atomic E-state index is -0.660. The SMILES string of the molecule is Cc1cn2cc(/C(N)=N/c3ncc(N4CCN(C(=O)OC(C)(C)C)C(C)C4)cc3F)cc(F)c2n1. The molecule has 1 aliphatic heterocycles. The number of ether oxygens (including phenoxy) is 1. The van der Waals surface area contributed by atoms with Gasteiger partial charge in [-0.2, -0.15) is 0 Å². The van der Waals surface area contributed by atoms with Crippen LogP contribution < -0.4 is 10.6 Å². The molecule has 1 unspecified atom stereocenters. The predicted octanol–water partition coefficient (Wildman–Crippen LogP) is 3.80. The Kier molecular flexibility index (Phi) is 6.35. The van der Waals surface area contributed by atoms with Crippen molar-refractivity contribution in [1.82, 2.24) is 19.3 Å². The number of pyridine rings is 2. The van der Waals surface area contributed by atoms with Crippen LogP contribution in [0.5, 0.6) is 0 Å². The Morgan fingerprint density at radius 3 is 2.60 bits per heavy atom. The van der Waals surface area contributed by atoms with Crippen LogP contribution in [0, 0.1) is 18.6 Å². The summed E-state index contributed by atoms with van der Waals surface area (Å²) < 4.78 is 36.2. The molecule has 1 atom stereocenters. The van der Waals surface area contributed by atoms with Crippen LogP contribution in [0.2, 0.25) is 0 Å². The van der Waals surface area contributed by atoms with Crippen LogP contribution in [0.25, 0.3) is 5.65 Å². The second-order valence-corrected chi connectivity index (χ2v) is 9.65. The molecule has 0 saturated carbocycles. The lowest BCUT2D eigenvalue weighted by atomic mass is 10.1. The molecule has 1 fully saturated rings. The fraction of sp³-hybridized carbons (Fsp3) is 0.417. The largest absolute Gasteiger partial charge is 0.444 e. The van der Waals surface area contributed by atoms with Gasteiger partial charge in [0.25, 0.3) is 0 Å². The van der Waals surface area contributed by atoms with E-state index in [1.54, 1.807) is 24.2 Å². The van der Waals surface area contributed by atoms with E-state index in [2.05, 4.69) is 15.0 Å². The van der Waals surface area contributed by atoms with Crippen LogP contribution >= 0.6 is 0 Å². The van der Waals surface area contributed by atoms with Gasteiger partial charge in [0, 0.05) is 49.7 Å². The molecule has 2 N–H and O–H groups in total. The third-order valence-corrected chi connectivity index (χ3v) is 5.58. The zero-order chi connectivity index (χ0) is 25.5. The first kappa shape index (κ1) is 24.4. The maximum Gasteiger partial charge on any atom is 0.410 e. The van der Waals surface area contributed by atoms with Crippen molar-refractivity contribution in [2.45, 2.75) is 46.3 Å². The van der Waals surface area contributed by atoms with Gasteiger partial charge in [-0.05, 0) is 40.7 Å². The van der Waals surface area contributed by atoms with Gasteiger partial charge in [0.15, 0.2) is 23.1 Å². The predicted molar refractivity (Wildman–Crippen MR) is 129 cm³/mol. The summed E-state index contributed by atoms with van der Waals surface area (Å²) in [5.41, 5.74) is 7.13. The number of nitrogens with two attached hydrogens (primary N) is 1. The molecule has 11 heteroatoms. The lowest BCUT2D eigenvalue weighted by Gasteiger charge is -2.41. The third kappa shape index (κ3) is 5.33. The Bertz CT molecular complexity index is 1300. The number of carbonyl (C=O) groups is 1. The van der Waals surface area contributed by atoms with E-state index in [-0.39, 0.29) is 35.0 Å². The molecule has 0 bridgehead atoms. The smallest absolute Gasteiger partial charge is 0.410 e. The Balaban J connectivity index is 1.49. The lowest BCUT2D eigenvalue weighted by molar-refractivity contribution is 0.0159. The van der Waals surface area contributed by atoms with Crippen molar-refractivity contribution in [3.63, 3.8) is 0 Å². The standard InChI is InChI=1S/C24H29F2N7O2/c1-14-11-32-13-16(8-19(26)22(32)29-14)20(27)30-21-18(25)9-17(10-28-21)31-6-7-33(15(2)12-31)23(34)35-24(3,4)5/h8-11,13,15H,6-7,12H2,1-5H3,(H2,27,28,30). The average Bonchev–Trinajstić information content (AvgIpc) is 3.14. The maximum absolute atomic E-state index is 14.9. The first-order valence-corrected chi connectivity index (χ1v) is 11.3. The normalized spacial score (nSPS) is 17.2. The number of rotatable bonds is 3. The van der Waals surface area contributed by atoms with Crippen molar-refractivity contribution in [2.75, 3.05) is 24.5 Å². The first-order valence-electron chi connectivity index (χ1n) is 11.3. The summed E-state index contributed by atoms with van der Waals surface area (Å²) in [5, 5.41) is 0. The summed E-state index contributed by atoms with van der Waals surface area (Å²) in [6, 6.07) is 2.41. The van der Waals surface area contributed by atoms with Crippen molar-refractivity contribution >= 4 is 29.1 Å². The number of anilines is 1. The molecule has 1 saturated heterocycles. The van der Waals surface area contributed by atoms with E-state index in [9.17, 15) is 13.6 Å². The first-order chi connectivity index (χ1) is 16.4. The Morgan fingerprint density at radius 1 is 1.20 bits per heavy atom. The molecule has 1 amide bonds. The van der Waals surface area contributed by atoms with Crippen LogP contribution in [-0.4, -0.2) is 62.5 Å². The number of nitrogens with zero attached hydrogens (tertiary/aromatic N) is 6. The highest BCUT2D eigenvalue weighted by Crippen LogP contribution is 2.25.